The van der Waals surface area contributed by atoms with E-state index in [0.29, 0.717) is 5.75 Å². The summed E-state index contributed by atoms with van der Waals surface area (Å²) in [5.41, 5.74) is 3.28. The van der Waals surface area contributed by atoms with Gasteiger partial charge in [-0.2, -0.15) is 0 Å². The Labute approximate surface area is 148 Å². The van der Waals surface area contributed by atoms with Gasteiger partial charge in [0, 0.05) is 27.5 Å². The Morgan fingerprint density at radius 1 is 1.32 bits per heavy atom. The summed E-state index contributed by atoms with van der Waals surface area (Å²) in [5.74, 6) is -0.230. The van der Waals surface area contributed by atoms with Crippen molar-refractivity contribution in [2.24, 2.45) is 0 Å². The maximum Gasteiger partial charge on any atom is 0.321 e. The molecular formula is C19H16FNO3S. The molecule has 0 saturated carbocycles. The number of ether oxygens (including phenoxy) is 1. The smallest absolute Gasteiger partial charge is 0.321 e. The number of carbonyl (C=O) groups is 1. The van der Waals surface area contributed by atoms with E-state index in [1.807, 2.05) is 47.0 Å². The summed E-state index contributed by atoms with van der Waals surface area (Å²) in [5, 5.41) is 9.89. The Morgan fingerprint density at radius 3 is 2.84 bits per heavy atom. The number of methoxy groups -OCH3 is 1. The molecule has 1 aromatic heterocycles. The SMILES string of the molecule is COc1ccc2c3c(n(CCF)c2c1)-c1ccccc1SC3C(=O)O. The highest BCUT2D eigenvalue weighted by Crippen LogP contribution is 2.52. The highest BCUT2D eigenvalue weighted by Gasteiger charge is 2.35. The van der Waals surface area contributed by atoms with Gasteiger partial charge in [0.05, 0.1) is 24.9 Å². The predicted octanol–water partition coefficient (Wildman–Crippen LogP) is 4.52. The van der Waals surface area contributed by atoms with Crippen LogP contribution in [0.15, 0.2) is 47.4 Å². The lowest BCUT2D eigenvalue weighted by atomic mass is 10.0. The van der Waals surface area contributed by atoms with Gasteiger partial charge in [-0.25, -0.2) is 4.39 Å². The number of carboxylic acids is 1. The molecule has 0 bridgehead atoms. The highest BCUT2D eigenvalue weighted by molar-refractivity contribution is 8.00. The third-order valence-corrected chi connectivity index (χ3v) is 5.78. The molecule has 6 heteroatoms. The number of aliphatic carboxylic acids is 1. The number of hydrogen-bond acceptors (Lipinski definition) is 3. The Balaban J connectivity index is 2.12. The van der Waals surface area contributed by atoms with Crippen molar-refractivity contribution in [1.29, 1.82) is 0 Å². The second kappa shape index (κ2) is 6.11. The number of aryl methyl sites for hydroxylation is 1. The first-order valence-electron chi connectivity index (χ1n) is 7.90. The molecule has 2 aromatic carbocycles. The molecule has 1 atom stereocenters. The molecule has 1 aliphatic heterocycles. The average Bonchev–Trinajstić information content (AvgIpc) is 2.95. The van der Waals surface area contributed by atoms with E-state index in [-0.39, 0.29) is 6.54 Å². The van der Waals surface area contributed by atoms with Crippen molar-refractivity contribution in [1.82, 2.24) is 4.57 Å². The number of alkyl halides is 1. The number of nitrogens with zero attached hydrogens (tertiary/aromatic N) is 1. The van der Waals surface area contributed by atoms with E-state index in [2.05, 4.69) is 0 Å². The number of thioether (sulfide) groups is 1. The molecule has 4 rings (SSSR count). The third-order valence-electron chi connectivity index (χ3n) is 4.49. The molecule has 0 radical (unpaired) electrons. The summed E-state index contributed by atoms with van der Waals surface area (Å²) in [6, 6.07) is 13.2. The Kier molecular flexibility index (Phi) is 3.92. The summed E-state index contributed by atoms with van der Waals surface area (Å²) < 4.78 is 20.5. The number of aromatic nitrogens is 1. The van der Waals surface area contributed by atoms with Gasteiger partial charge >= 0.3 is 5.97 Å². The molecule has 0 saturated heterocycles. The van der Waals surface area contributed by atoms with Crippen LogP contribution >= 0.6 is 11.8 Å². The lowest BCUT2D eigenvalue weighted by Gasteiger charge is -2.23. The van der Waals surface area contributed by atoms with E-state index in [9.17, 15) is 14.3 Å². The van der Waals surface area contributed by atoms with Crippen LogP contribution in [0.1, 0.15) is 10.8 Å². The van der Waals surface area contributed by atoms with Crippen molar-refractivity contribution in [3.8, 4) is 17.0 Å². The summed E-state index contributed by atoms with van der Waals surface area (Å²) in [4.78, 5) is 12.8. The maximum absolute atomic E-state index is 13.3. The van der Waals surface area contributed by atoms with Gasteiger partial charge < -0.3 is 14.4 Å². The second-order valence-electron chi connectivity index (χ2n) is 5.82. The van der Waals surface area contributed by atoms with Crippen LogP contribution in [0.5, 0.6) is 5.75 Å². The van der Waals surface area contributed by atoms with Gasteiger partial charge in [0.2, 0.25) is 0 Å². The van der Waals surface area contributed by atoms with Crippen molar-refractivity contribution in [2.45, 2.75) is 16.7 Å². The number of carboxylic acid groups (broad SMARTS) is 1. The maximum atomic E-state index is 13.3. The molecule has 1 unspecified atom stereocenters. The largest absolute Gasteiger partial charge is 0.497 e. The van der Waals surface area contributed by atoms with E-state index in [4.69, 9.17) is 4.74 Å². The first kappa shape index (κ1) is 16.0. The predicted molar refractivity (Wildman–Crippen MR) is 96.1 cm³/mol. The van der Waals surface area contributed by atoms with E-state index >= 15 is 0 Å². The van der Waals surface area contributed by atoms with Gasteiger partial charge in [-0.05, 0) is 18.2 Å². The minimum absolute atomic E-state index is 0.171. The van der Waals surface area contributed by atoms with E-state index in [0.717, 1.165) is 32.6 Å². The summed E-state index contributed by atoms with van der Waals surface area (Å²) in [6.07, 6.45) is 0. The van der Waals surface area contributed by atoms with Crippen LogP contribution in [0.2, 0.25) is 0 Å². The summed E-state index contributed by atoms with van der Waals surface area (Å²) >= 11 is 1.33. The highest BCUT2D eigenvalue weighted by atomic mass is 32.2. The van der Waals surface area contributed by atoms with Crippen molar-refractivity contribution in [3.63, 3.8) is 0 Å². The molecule has 1 aliphatic rings. The Morgan fingerprint density at radius 2 is 2.12 bits per heavy atom. The van der Waals surface area contributed by atoms with Gasteiger partial charge in [-0.15, -0.1) is 11.8 Å². The fourth-order valence-electron chi connectivity index (χ4n) is 3.48. The molecule has 3 aromatic rings. The van der Waals surface area contributed by atoms with Crippen LogP contribution in [0, 0.1) is 0 Å². The summed E-state index contributed by atoms with van der Waals surface area (Å²) in [7, 11) is 1.58. The van der Waals surface area contributed by atoms with Gasteiger partial charge in [0.25, 0.3) is 0 Å². The molecule has 0 aliphatic carbocycles. The zero-order valence-corrected chi connectivity index (χ0v) is 14.3. The molecule has 128 valence electrons. The van der Waals surface area contributed by atoms with Crippen molar-refractivity contribution < 1.29 is 19.0 Å². The number of fused-ring (bicyclic) bond motifs is 5. The molecule has 0 fully saturated rings. The Bertz CT molecular complexity index is 982. The van der Waals surface area contributed by atoms with Crippen molar-refractivity contribution in [2.75, 3.05) is 13.8 Å². The Hall–Kier alpha value is -2.47. The first-order chi connectivity index (χ1) is 12.2. The molecule has 25 heavy (non-hydrogen) atoms. The average molecular weight is 357 g/mol. The van der Waals surface area contributed by atoms with Crippen LogP contribution in [0.3, 0.4) is 0 Å². The number of rotatable bonds is 4. The summed E-state index contributed by atoms with van der Waals surface area (Å²) in [6.45, 7) is -0.356. The quantitative estimate of drug-likeness (QED) is 0.746. The van der Waals surface area contributed by atoms with Crippen LogP contribution in [-0.2, 0) is 11.3 Å². The fourth-order valence-corrected chi connectivity index (χ4v) is 4.64. The van der Waals surface area contributed by atoms with Gasteiger partial charge in [-0.3, -0.25) is 4.79 Å². The number of benzene rings is 2. The number of halogens is 1. The number of hydrogen-bond donors (Lipinski definition) is 1. The lowest BCUT2D eigenvalue weighted by molar-refractivity contribution is -0.136. The molecule has 0 spiro atoms. The van der Waals surface area contributed by atoms with Gasteiger partial charge in [0.1, 0.15) is 17.7 Å². The van der Waals surface area contributed by atoms with E-state index < -0.39 is 17.9 Å². The monoisotopic (exact) mass is 357 g/mol. The van der Waals surface area contributed by atoms with Crippen LogP contribution in [-0.4, -0.2) is 29.4 Å². The van der Waals surface area contributed by atoms with Crippen LogP contribution < -0.4 is 4.74 Å². The van der Waals surface area contributed by atoms with Crippen molar-refractivity contribution in [3.05, 3.63) is 48.0 Å². The van der Waals surface area contributed by atoms with Crippen LogP contribution in [0.25, 0.3) is 22.2 Å². The first-order valence-corrected chi connectivity index (χ1v) is 8.78. The third kappa shape index (κ3) is 2.40. The normalized spacial score (nSPS) is 15.7. The molecule has 0 amide bonds. The second-order valence-corrected chi connectivity index (χ2v) is 6.97. The minimum atomic E-state index is -0.893. The molecule has 2 heterocycles. The zero-order valence-electron chi connectivity index (χ0n) is 13.5. The minimum Gasteiger partial charge on any atom is -0.497 e. The standard InChI is InChI=1S/C19H16FNO3S/c1-24-11-6-7-12-14(10-11)21(9-8-20)17-13-4-2-3-5-15(13)25-18(16(12)17)19(22)23/h2-7,10,18H,8-9H2,1H3,(H,22,23). The van der Waals surface area contributed by atoms with Crippen LogP contribution in [0.4, 0.5) is 4.39 Å². The molecular weight excluding hydrogens is 341 g/mol. The fraction of sp³-hybridized carbons (Fsp3) is 0.211. The topological polar surface area (TPSA) is 51.5 Å². The van der Waals surface area contributed by atoms with Gasteiger partial charge in [-0.1, -0.05) is 18.2 Å². The van der Waals surface area contributed by atoms with E-state index in [1.165, 1.54) is 11.8 Å². The lowest BCUT2D eigenvalue weighted by Crippen LogP contribution is -2.14. The van der Waals surface area contributed by atoms with Crippen molar-refractivity contribution >= 4 is 28.6 Å². The molecule has 4 nitrogen and oxygen atoms in total. The van der Waals surface area contributed by atoms with E-state index in [1.54, 1.807) is 7.11 Å². The molecule has 1 N–H and O–H groups in total. The van der Waals surface area contributed by atoms with Gasteiger partial charge in [0.15, 0.2) is 0 Å². The zero-order chi connectivity index (χ0) is 17.6.